The molecule has 6 nitrogen and oxygen atoms in total. The van der Waals surface area contributed by atoms with Crippen LogP contribution in [0.3, 0.4) is 0 Å². The highest BCUT2D eigenvalue weighted by atomic mass is 35.5. The van der Waals surface area contributed by atoms with Gasteiger partial charge in [0.2, 0.25) is 0 Å². The second-order valence-electron chi connectivity index (χ2n) is 7.35. The van der Waals surface area contributed by atoms with Crippen LogP contribution in [0.2, 0.25) is 5.02 Å². The molecular weight excluding hydrogens is 382 g/mol. The monoisotopic (exact) mass is 407 g/mol. The molecule has 0 bridgehead atoms. The van der Waals surface area contributed by atoms with E-state index in [0.29, 0.717) is 17.0 Å². The fourth-order valence-corrected chi connectivity index (χ4v) is 3.74. The Labute approximate surface area is 169 Å². The van der Waals surface area contributed by atoms with E-state index in [1.54, 1.807) is 0 Å². The number of ether oxygens (including phenoxy) is 1. The lowest BCUT2D eigenvalue weighted by molar-refractivity contribution is -0.231. The zero-order valence-corrected chi connectivity index (χ0v) is 16.6. The number of nitrogens with zero attached hydrogens (tertiary/aromatic N) is 1. The summed E-state index contributed by atoms with van der Waals surface area (Å²) in [5.41, 5.74) is 3.82. The summed E-state index contributed by atoms with van der Waals surface area (Å²) in [6.07, 6.45) is -5.03. The van der Waals surface area contributed by atoms with E-state index in [0.717, 1.165) is 16.8 Å². The molecule has 2 aromatic rings. The molecule has 0 spiro atoms. The summed E-state index contributed by atoms with van der Waals surface area (Å²) in [6, 6.07) is 13.4. The quantitative estimate of drug-likeness (QED) is 0.600. The Balaban J connectivity index is 1.76. The third-order valence-corrected chi connectivity index (χ3v) is 5.42. The zero-order chi connectivity index (χ0) is 20.4. The highest BCUT2D eigenvalue weighted by molar-refractivity contribution is 6.33. The van der Waals surface area contributed by atoms with Crippen LogP contribution in [0.5, 0.6) is 0 Å². The molecule has 0 saturated carbocycles. The predicted octanol–water partition coefficient (Wildman–Crippen LogP) is 1.51. The van der Waals surface area contributed by atoms with Crippen LogP contribution in [0.25, 0.3) is 0 Å². The second-order valence-corrected chi connectivity index (χ2v) is 7.76. The third-order valence-electron chi connectivity index (χ3n) is 5.10. The van der Waals surface area contributed by atoms with E-state index in [4.69, 9.17) is 16.3 Å². The number of hydrogen-bond acceptors (Lipinski definition) is 6. The largest absolute Gasteiger partial charge is 0.394 e. The molecule has 0 amide bonds. The lowest BCUT2D eigenvalue weighted by atomic mass is 9.90. The fourth-order valence-electron chi connectivity index (χ4n) is 3.45. The molecule has 1 fully saturated rings. The summed E-state index contributed by atoms with van der Waals surface area (Å²) in [4.78, 5) is 1.97. The Morgan fingerprint density at radius 3 is 2.18 bits per heavy atom. The number of rotatable bonds is 5. The van der Waals surface area contributed by atoms with E-state index in [1.807, 2.05) is 61.5 Å². The minimum atomic E-state index is -1.38. The Kier molecular flexibility index (Phi) is 6.60. The van der Waals surface area contributed by atoms with Crippen LogP contribution in [0.1, 0.15) is 22.8 Å². The van der Waals surface area contributed by atoms with Crippen molar-refractivity contribution in [1.82, 2.24) is 0 Å². The van der Waals surface area contributed by atoms with Gasteiger partial charge in [0.05, 0.1) is 17.3 Å². The molecule has 1 saturated heterocycles. The molecule has 1 aliphatic heterocycles. The molecule has 5 atom stereocenters. The van der Waals surface area contributed by atoms with Crippen LogP contribution in [0, 0.1) is 0 Å². The number of halogens is 1. The van der Waals surface area contributed by atoms with E-state index in [-0.39, 0.29) is 0 Å². The first-order valence-electron chi connectivity index (χ1n) is 9.17. The van der Waals surface area contributed by atoms with Crippen molar-refractivity contribution < 1.29 is 25.2 Å². The summed E-state index contributed by atoms with van der Waals surface area (Å²) in [7, 11) is 3.89. The van der Waals surface area contributed by atoms with E-state index in [9.17, 15) is 20.4 Å². The van der Waals surface area contributed by atoms with Crippen molar-refractivity contribution in [2.45, 2.75) is 36.9 Å². The van der Waals surface area contributed by atoms with Crippen molar-refractivity contribution in [3.63, 3.8) is 0 Å². The van der Waals surface area contributed by atoms with Crippen molar-refractivity contribution in [2.24, 2.45) is 0 Å². The van der Waals surface area contributed by atoms with Gasteiger partial charge in [0.1, 0.15) is 30.5 Å². The van der Waals surface area contributed by atoms with Gasteiger partial charge in [0.15, 0.2) is 0 Å². The van der Waals surface area contributed by atoms with E-state index >= 15 is 0 Å². The molecule has 1 aliphatic rings. The summed E-state index contributed by atoms with van der Waals surface area (Å²) >= 11 is 6.23. The van der Waals surface area contributed by atoms with Crippen LogP contribution in [-0.2, 0) is 11.2 Å². The normalized spacial score (nSPS) is 27.6. The maximum Gasteiger partial charge on any atom is 0.113 e. The molecular formula is C21H26ClNO5. The minimum Gasteiger partial charge on any atom is -0.394 e. The van der Waals surface area contributed by atoms with Crippen molar-refractivity contribution in [3.05, 3.63) is 64.2 Å². The number of hydrogen-bond donors (Lipinski definition) is 4. The maximum atomic E-state index is 10.3. The number of benzene rings is 2. The zero-order valence-electron chi connectivity index (χ0n) is 15.9. The molecule has 1 heterocycles. The molecule has 0 radical (unpaired) electrons. The van der Waals surface area contributed by atoms with Gasteiger partial charge in [-0.25, -0.2) is 0 Å². The first-order chi connectivity index (χ1) is 13.3. The van der Waals surface area contributed by atoms with Crippen molar-refractivity contribution >= 4 is 17.3 Å². The Hall–Kier alpha value is -1.67. The summed E-state index contributed by atoms with van der Waals surface area (Å²) in [6.45, 7) is -0.440. The van der Waals surface area contributed by atoms with E-state index in [1.165, 1.54) is 0 Å². The van der Waals surface area contributed by atoms with Crippen LogP contribution in [0.4, 0.5) is 5.69 Å². The summed E-state index contributed by atoms with van der Waals surface area (Å²) in [5.74, 6) is 0. The smallest absolute Gasteiger partial charge is 0.113 e. The van der Waals surface area contributed by atoms with Gasteiger partial charge < -0.3 is 30.1 Å². The van der Waals surface area contributed by atoms with Gasteiger partial charge in [-0.05, 0) is 35.2 Å². The van der Waals surface area contributed by atoms with Crippen LogP contribution >= 0.6 is 11.6 Å². The van der Waals surface area contributed by atoms with Gasteiger partial charge in [-0.1, -0.05) is 41.9 Å². The van der Waals surface area contributed by atoms with Crippen LogP contribution in [0.15, 0.2) is 42.5 Å². The second kappa shape index (κ2) is 8.78. The summed E-state index contributed by atoms with van der Waals surface area (Å²) < 4.78 is 5.60. The molecule has 0 unspecified atom stereocenters. The lowest BCUT2D eigenvalue weighted by Crippen LogP contribution is -2.55. The maximum absolute atomic E-state index is 10.3. The average molecular weight is 408 g/mol. The summed E-state index contributed by atoms with van der Waals surface area (Å²) in [5, 5.41) is 40.2. The first-order valence-corrected chi connectivity index (χ1v) is 9.54. The molecule has 152 valence electrons. The fraction of sp³-hybridized carbons (Fsp3) is 0.429. The highest BCUT2D eigenvalue weighted by Gasteiger charge is 2.43. The van der Waals surface area contributed by atoms with Gasteiger partial charge in [0, 0.05) is 14.1 Å². The number of aliphatic hydroxyl groups is 4. The van der Waals surface area contributed by atoms with Crippen LogP contribution < -0.4 is 4.90 Å². The number of anilines is 1. The average Bonchev–Trinajstić information content (AvgIpc) is 2.68. The van der Waals surface area contributed by atoms with Crippen molar-refractivity contribution in [1.29, 1.82) is 0 Å². The topological polar surface area (TPSA) is 93.4 Å². The molecule has 0 aromatic heterocycles. The van der Waals surface area contributed by atoms with Gasteiger partial charge in [-0.2, -0.15) is 0 Å². The molecule has 2 aromatic carbocycles. The number of aliphatic hydroxyl groups excluding tert-OH is 4. The third kappa shape index (κ3) is 4.33. The molecule has 7 heteroatoms. The Bertz CT molecular complexity index is 796. The SMILES string of the molecule is CN(C)c1cc(Cc2ccc([C@@H]3O[C@H](CO)[C@@H](O)[C@H](O)[C@H]3O)cc2)ccc1Cl. The standard InChI is InChI=1S/C21H26ClNO5/c1-23(2)16-10-13(5-8-15(16)22)9-12-3-6-14(7-4-12)21-20(27)19(26)18(25)17(11-24)28-21/h3-8,10,17-21,24-27H,9,11H2,1-2H3/t17-,18-,19+,20-,21+/m1/s1. The van der Waals surface area contributed by atoms with Gasteiger partial charge in [0.25, 0.3) is 0 Å². The Morgan fingerprint density at radius 1 is 0.929 bits per heavy atom. The predicted molar refractivity (Wildman–Crippen MR) is 108 cm³/mol. The molecule has 28 heavy (non-hydrogen) atoms. The van der Waals surface area contributed by atoms with Crippen molar-refractivity contribution in [3.8, 4) is 0 Å². The molecule has 0 aliphatic carbocycles. The Morgan fingerprint density at radius 2 is 1.57 bits per heavy atom. The van der Waals surface area contributed by atoms with Gasteiger partial charge in [-0.15, -0.1) is 0 Å². The van der Waals surface area contributed by atoms with Crippen molar-refractivity contribution in [2.75, 3.05) is 25.6 Å². The molecule has 3 rings (SSSR count). The first kappa shape index (κ1) is 21.0. The van der Waals surface area contributed by atoms with Crippen LogP contribution in [-0.4, -0.2) is 65.5 Å². The lowest BCUT2D eigenvalue weighted by Gasteiger charge is -2.40. The van der Waals surface area contributed by atoms with E-state index < -0.39 is 37.1 Å². The minimum absolute atomic E-state index is 0.440. The highest BCUT2D eigenvalue weighted by Crippen LogP contribution is 2.33. The van der Waals surface area contributed by atoms with Gasteiger partial charge in [-0.3, -0.25) is 0 Å². The van der Waals surface area contributed by atoms with E-state index in [2.05, 4.69) is 0 Å². The molecule has 4 N–H and O–H groups in total. The van der Waals surface area contributed by atoms with Gasteiger partial charge >= 0.3 is 0 Å².